The number of aromatic nitrogens is 2. The predicted octanol–water partition coefficient (Wildman–Crippen LogP) is 4.14. The first-order chi connectivity index (χ1) is 11.3. The summed E-state index contributed by atoms with van der Waals surface area (Å²) < 4.78 is 0. The van der Waals surface area contributed by atoms with Gasteiger partial charge in [0.2, 0.25) is 5.91 Å². The highest BCUT2D eigenvalue weighted by Crippen LogP contribution is 2.39. The van der Waals surface area contributed by atoms with Crippen molar-refractivity contribution in [1.82, 2.24) is 9.97 Å². The Labute approximate surface area is 138 Å². The molecule has 1 aliphatic carbocycles. The molecular weight excluding hydrogens is 306 g/mol. The first-order valence-electron chi connectivity index (χ1n) is 7.88. The fraction of sp³-hybridized carbons (Fsp3) is 0.278. The number of hydrogen-bond donors (Lipinski definition) is 1. The molecule has 0 unspecified atom stereocenters. The molecule has 0 radical (unpaired) electrons. The lowest BCUT2D eigenvalue weighted by Crippen LogP contribution is -2.14. The molecule has 1 aromatic carbocycles. The number of fused-ring (bicyclic) bond motifs is 1. The zero-order valence-corrected chi connectivity index (χ0v) is 13.5. The van der Waals surface area contributed by atoms with Crippen LogP contribution in [0.3, 0.4) is 0 Å². The predicted molar refractivity (Wildman–Crippen MR) is 92.8 cm³/mol. The number of rotatable bonds is 4. The quantitative estimate of drug-likeness (QED) is 0.785. The van der Waals surface area contributed by atoms with Crippen molar-refractivity contribution < 1.29 is 4.79 Å². The highest BCUT2D eigenvalue weighted by molar-refractivity contribution is 7.15. The molecule has 3 aromatic rings. The van der Waals surface area contributed by atoms with E-state index < -0.39 is 0 Å². The van der Waals surface area contributed by atoms with Gasteiger partial charge in [0.1, 0.15) is 0 Å². The van der Waals surface area contributed by atoms with Crippen LogP contribution in [-0.4, -0.2) is 15.9 Å². The maximum absolute atomic E-state index is 12.3. The molecule has 2 heterocycles. The van der Waals surface area contributed by atoms with E-state index in [1.807, 2.05) is 36.5 Å². The van der Waals surface area contributed by atoms with Crippen LogP contribution in [0.25, 0.3) is 10.9 Å². The molecule has 1 N–H and O–H groups in total. The van der Waals surface area contributed by atoms with Crippen LogP contribution in [0.1, 0.15) is 35.6 Å². The second kappa shape index (κ2) is 6.08. The van der Waals surface area contributed by atoms with Crippen LogP contribution in [0.2, 0.25) is 0 Å². The van der Waals surface area contributed by atoms with Gasteiger partial charge in [-0.1, -0.05) is 30.7 Å². The Hall–Kier alpha value is -2.27. The standard InChI is InChI=1S/C18H17N3OS/c22-16(21-18-20-11-15(23-18)12-4-1-5-12)10-14-7-2-6-13-8-3-9-19-17(13)14/h2-3,6-9,11-12H,1,4-5,10H2,(H,20,21,22). The Morgan fingerprint density at radius 2 is 2.09 bits per heavy atom. The molecule has 0 saturated heterocycles. The fourth-order valence-corrected chi connectivity index (χ4v) is 3.87. The largest absolute Gasteiger partial charge is 0.302 e. The lowest BCUT2D eigenvalue weighted by atomic mass is 9.85. The van der Waals surface area contributed by atoms with Crippen LogP contribution < -0.4 is 5.32 Å². The van der Waals surface area contributed by atoms with Crippen molar-refractivity contribution in [1.29, 1.82) is 0 Å². The number of benzene rings is 1. The smallest absolute Gasteiger partial charge is 0.230 e. The lowest BCUT2D eigenvalue weighted by Gasteiger charge is -2.23. The number of para-hydroxylation sites is 1. The van der Waals surface area contributed by atoms with Crippen LogP contribution in [0.15, 0.2) is 42.7 Å². The topological polar surface area (TPSA) is 54.9 Å². The van der Waals surface area contributed by atoms with Gasteiger partial charge >= 0.3 is 0 Å². The van der Waals surface area contributed by atoms with Gasteiger partial charge in [-0.2, -0.15) is 0 Å². The average Bonchev–Trinajstić information content (AvgIpc) is 2.93. The lowest BCUT2D eigenvalue weighted by molar-refractivity contribution is -0.115. The Morgan fingerprint density at radius 3 is 2.91 bits per heavy atom. The number of carbonyl (C=O) groups is 1. The van der Waals surface area contributed by atoms with Gasteiger partial charge in [0.05, 0.1) is 11.9 Å². The summed E-state index contributed by atoms with van der Waals surface area (Å²) in [6.07, 6.45) is 7.78. The van der Waals surface area contributed by atoms with Crippen molar-refractivity contribution in [2.24, 2.45) is 0 Å². The number of nitrogens with zero attached hydrogens (tertiary/aromatic N) is 2. The molecule has 0 bridgehead atoms. The third-order valence-electron chi connectivity index (χ3n) is 4.34. The van der Waals surface area contributed by atoms with Gasteiger partial charge in [-0.05, 0) is 30.4 Å². The normalized spacial score (nSPS) is 14.6. The molecule has 1 saturated carbocycles. The maximum atomic E-state index is 12.3. The van der Waals surface area contributed by atoms with Crippen molar-refractivity contribution in [3.05, 3.63) is 53.2 Å². The Kier molecular flexibility index (Phi) is 3.79. The third kappa shape index (κ3) is 2.97. The van der Waals surface area contributed by atoms with E-state index in [2.05, 4.69) is 15.3 Å². The van der Waals surface area contributed by atoms with E-state index >= 15 is 0 Å². The zero-order valence-electron chi connectivity index (χ0n) is 12.7. The molecule has 1 amide bonds. The third-order valence-corrected chi connectivity index (χ3v) is 5.42. The van der Waals surface area contributed by atoms with Crippen molar-refractivity contribution >= 4 is 33.3 Å². The fourth-order valence-electron chi connectivity index (χ4n) is 2.87. The first-order valence-corrected chi connectivity index (χ1v) is 8.69. The van der Waals surface area contributed by atoms with Crippen LogP contribution in [0.5, 0.6) is 0 Å². The molecule has 1 aliphatic rings. The average molecular weight is 323 g/mol. The van der Waals surface area contributed by atoms with Gasteiger partial charge in [-0.3, -0.25) is 9.78 Å². The molecule has 1 fully saturated rings. The van der Waals surface area contributed by atoms with Gasteiger partial charge < -0.3 is 5.32 Å². The van der Waals surface area contributed by atoms with Crippen molar-refractivity contribution in [3.63, 3.8) is 0 Å². The molecule has 0 aliphatic heterocycles. The minimum Gasteiger partial charge on any atom is -0.302 e. The van der Waals surface area contributed by atoms with Gasteiger partial charge in [0.15, 0.2) is 5.13 Å². The molecule has 0 spiro atoms. The monoisotopic (exact) mass is 323 g/mol. The molecule has 0 atom stereocenters. The Bertz CT molecular complexity index is 849. The van der Waals surface area contributed by atoms with Gasteiger partial charge in [-0.25, -0.2) is 4.98 Å². The molecule has 23 heavy (non-hydrogen) atoms. The number of amides is 1. The number of nitrogens with one attached hydrogen (secondary N) is 1. The SMILES string of the molecule is O=C(Cc1cccc2cccnc12)Nc1ncc(C2CCC2)s1. The Morgan fingerprint density at radius 1 is 1.22 bits per heavy atom. The molecule has 116 valence electrons. The summed E-state index contributed by atoms with van der Waals surface area (Å²) in [6.45, 7) is 0. The van der Waals surface area contributed by atoms with Crippen molar-refractivity contribution in [2.45, 2.75) is 31.6 Å². The molecular formula is C18H17N3OS. The highest BCUT2D eigenvalue weighted by Gasteiger charge is 2.22. The summed E-state index contributed by atoms with van der Waals surface area (Å²) in [7, 11) is 0. The van der Waals surface area contributed by atoms with Gasteiger partial charge in [0.25, 0.3) is 0 Å². The molecule has 4 rings (SSSR count). The summed E-state index contributed by atoms with van der Waals surface area (Å²) in [5, 5.41) is 4.67. The van der Waals surface area contributed by atoms with E-state index in [0.29, 0.717) is 17.5 Å². The highest BCUT2D eigenvalue weighted by atomic mass is 32.1. The van der Waals surface area contributed by atoms with E-state index in [1.54, 1.807) is 17.5 Å². The van der Waals surface area contributed by atoms with Crippen LogP contribution in [0.4, 0.5) is 5.13 Å². The van der Waals surface area contributed by atoms with E-state index in [1.165, 1.54) is 24.1 Å². The summed E-state index contributed by atoms with van der Waals surface area (Å²) in [6, 6.07) is 9.84. The van der Waals surface area contributed by atoms with Crippen molar-refractivity contribution in [2.75, 3.05) is 5.32 Å². The number of thiazole rings is 1. The minimum absolute atomic E-state index is 0.0438. The maximum Gasteiger partial charge on any atom is 0.230 e. The molecule has 5 heteroatoms. The number of anilines is 1. The summed E-state index contributed by atoms with van der Waals surface area (Å²) in [4.78, 5) is 22.3. The molecule has 4 nitrogen and oxygen atoms in total. The van der Waals surface area contributed by atoms with E-state index in [4.69, 9.17) is 0 Å². The summed E-state index contributed by atoms with van der Waals surface area (Å²) in [5.74, 6) is 0.609. The van der Waals surface area contributed by atoms with Crippen LogP contribution in [0, 0.1) is 0 Å². The minimum atomic E-state index is -0.0438. The summed E-state index contributed by atoms with van der Waals surface area (Å²) in [5.41, 5.74) is 1.83. The first kappa shape index (κ1) is 14.3. The van der Waals surface area contributed by atoms with E-state index in [0.717, 1.165) is 16.5 Å². The second-order valence-corrected chi connectivity index (χ2v) is 6.98. The Balaban J connectivity index is 1.47. The van der Waals surface area contributed by atoms with Gasteiger partial charge in [0, 0.05) is 22.7 Å². The molecule has 2 aromatic heterocycles. The van der Waals surface area contributed by atoms with E-state index in [-0.39, 0.29) is 5.91 Å². The zero-order chi connectivity index (χ0) is 15.6. The van der Waals surface area contributed by atoms with Crippen molar-refractivity contribution in [3.8, 4) is 0 Å². The number of carbonyl (C=O) groups excluding carboxylic acids is 1. The van der Waals surface area contributed by atoms with Crippen LogP contribution in [-0.2, 0) is 11.2 Å². The van der Waals surface area contributed by atoms with Crippen LogP contribution >= 0.6 is 11.3 Å². The number of pyridine rings is 1. The number of hydrogen-bond acceptors (Lipinski definition) is 4. The van der Waals surface area contributed by atoms with Gasteiger partial charge in [-0.15, -0.1) is 11.3 Å². The van der Waals surface area contributed by atoms with E-state index in [9.17, 15) is 4.79 Å². The second-order valence-electron chi connectivity index (χ2n) is 5.91. The summed E-state index contributed by atoms with van der Waals surface area (Å²) >= 11 is 1.60.